The van der Waals surface area contributed by atoms with Crippen molar-refractivity contribution < 1.29 is 4.79 Å². The summed E-state index contributed by atoms with van der Waals surface area (Å²) < 4.78 is 2.40. The van der Waals surface area contributed by atoms with Crippen molar-refractivity contribution in [2.24, 2.45) is 0 Å². The van der Waals surface area contributed by atoms with Gasteiger partial charge in [0.1, 0.15) is 6.54 Å². The van der Waals surface area contributed by atoms with Crippen molar-refractivity contribution in [2.45, 2.75) is 19.9 Å². The van der Waals surface area contributed by atoms with Crippen LogP contribution in [0, 0.1) is 0 Å². The number of hydrogen-bond donors (Lipinski definition) is 0. The van der Waals surface area contributed by atoms with Crippen LogP contribution in [0.2, 0.25) is 5.02 Å². The van der Waals surface area contributed by atoms with Crippen molar-refractivity contribution in [2.75, 3.05) is 32.7 Å². The molecule has 7 heteroatoms. The van der Waals surface area contributed by atoms with Crippen LogP contribution in [0.25, 0.3) is 10.2 Å². The molecule has 23 heavy (non-hydrogen) atoms. The lowest BCUT2D eigenvalue weighted by Crippen LogP contribution is -2.49. The van der Waals surface area contributed by atoms with Crippen molar-refractivity contribution >= 4 is 39.1 Å². The van der Waals surface area contributed by atoms with E-state index in [-0.39, 0.29) is 17.3 Å². The Balaban J connectivity index is 1.72. The van der Waals surface area contributed by atoms with E-state index in [1.165, 1.54) is 4.57 Å². The Morgan fingerprint density at radius 2 is 2.00 bits per heavy atom. The van der Waals surface area contributed by atoms with Gasteiger partial charge >= 0.3 is 4.87 Å². The maximum atomic E-state index is 12.5. The number of carbonyl (C=O) groups is 1. The van der Waals surface area contributed by atoms with E-state index in [1.54, 1.807) is 12.1 Å². The zero-order valence-electron chi connectivity index (χ0n) is 13.1. The van der Waals surface area contributed by atoms with Crippen LogP contribution in [0.4, 0.5) is 0 Å². The number of rotatable bonds is 4. The average Bonchev–Trinajstić information content (AvgIpc) is 2.84. The Hall–Kier alpha value is -1.37. The van der Waals surface area contributed by atoms with Crippen LogP contribution in [0.5, 0.6) is 0 Å². The third-order valence-electron chi connectivity index (χ3n) is 4.19. The smallest absolute Gasteiger partial charge is 0.308 e. The highest BCUT2D eigenvalue weighted by Gasteiger charge is 2.22. The number of hydrogen-bond acceptors (Lipinski definition) is 4. The number of piperazine rings is 1. The molecule has 1 saturated heterocycles. The summed E-state index contributed by atoms with van der Waals surface area (Å²) in [6.45, 7) is 6.61. The van der Waals surface area contributed by atoms with Crippen LogP contribution >= 0.6 is 22.9 Å². The summed E-state index contributed by atoms with van der Waals surface area (Å²) in [4.78, 5) is 28.8. The summed E-state index contributed by atoms with van der Waals surface area (Å²) >= 11 is 7.17. The van der Waals surface area contributed by atoms with E-state index in [4.69, 9.17) is 11.6 Å². The summed E-state index contributed by atoms with van der Waals surface area (Å²) in [6, 6.07) is 5.34. The van der Waals surface area contributed by atoms with Crippen LogP contribution < -0.4 is 4.87 Å². The minimum absolute atomic E-state index is 0.00271. The lowest BCUT2D eigenvalue weighted by molar-refractivity contribution is -0.133. The second-order valence-corrected chi connectivity index (χ2v) is 7.22. The molecule has 0 saturated carbocycles. The Labute approximate surface area is 144 Å². The van der Waals surface area contributed by atoms with Gasteiger partial charge in [0.25, 0.3) is 0 Å². The Bertz CT molecular complexity index is 762. The van der Waals surface area contributed by atoms with Crippen LogP contribution in [-0.4, -0.2) is 53.0 Å². The minimum atomic E-state index is -0.111. The van der Waals surface area contributed by atoms with E-state index in [0.29, 0.717) is 5.02 Å². The lowest BCUT2D eigenvalue weighted by atomic mass is 10.3. The molecule has 0 radical (unpaired) electrons. The summed E-state index contributed by atoms with van der Waals surface area (Å²) in [5.74, 6) is 0.00271. The third kappa shape index (κ3) is 3.59. The zero-order valence-corrected chi connectivity index (χ0v) is 14.7. The highest BCUT2D eigenvalue weighted by molar-refractivity contribution is 7.16. The average molecular weight is 354 g/mol. The van der Waals surface area contributed by atoms with Crippen LogP contribution in [-0.2, 0) is 11.3 Å². The normalized spacial score (nSPS) is 16.2. The summed E-state index contributed by atoms with van der Waals surface area (Å²) in [5, 5.41) is 0.574. The van der Waals surface area contributed by atoms with Gasteiger partial charge < -0.3 is 4.90 Å². The first-order chi connectivity index (χ1) is 11.1. The first-order valence-corrected chi connectivity index (χ1v) is 9.07. The van der Waals surface area contributed by atoms with Gasteiger partial charge in [0.15, 0.2) is 0 Å². The number of fused-ring (bicyclic) bond motifs is 1. The molecule has 2 aromatic rings. The predicted molar refractivity (Wildman–Crippen MR) is 94.4 cm³/mol. The van der Waals surface area contributed by atoms with Gasteiger partial charge in [-0.3, -0.25) is 19.1 Å². The minimum Gasteiger partial charge on any atom is -0.339 e. The fourth-order valence-electron chi connectivity index (χ4n) is 2.96. The monoisotopic (exact) mass is 353 g/mol. The number of benzene rings is 1. The second-order valence-electron chi connectivity index (χ2n) is 5.79. The first kappa shape index (κ1) is 16.5. The molecule has 3 rings (SSSR count). The highest BCUT2D eigenvalue weighted by atomic mass is 35.5. The number of nitrogens with zero attached hydrogens (tertiary/aromatic N) is 3. The molecule has 0 spiro atoms. The van der Waals surface area contributed by atoms with Gasteiger partial charge in [-0.25, -0.2) is 0 Å². The van der Waals surface area contributed by atoms with Crippen molar-refractivity contribution in [1.82, 2.24) is 14.4 Å². The fourth-order valence-corrected chi connectivity index (χ4v) is 3.99. The Kier molecular flexibility index (Phi) is 5.04. The molecule has 0 unspecified atom stereocenters. The third-order valence-corrected chi connectivity index (χ3v) is 5.38. The molecular formula is C16H20ClN3O2S. The van der Waals surface area contributed by atoms with E-state index >= 15 is 0 Å². The molecule has 0 aliphatic carbocycles. The Morgan fingerprint density at radius 1 is 1.26 bits per heavy atom. The Morgan fingerprint density at radius 3 is 2.70 bits per heavy atom. The molecule has 1 aromatic carbocycles. The zero-order chi connectivity index (χ0) is 16.4. The van der Waals surface area contributed by atoms with Crippen LogP contribution in [0.15, 0.2) is 23.0 Å². The molecule has 5 nitrogen and oxygen atoms in total. The second kappa shape index (κ2) is 7.03. The highest BCUT2D eigenvalue weighted by Crippen LogP contribution is 2.21. The number of thiazole rings is 1. The molecule has 1 aromatic heterocycles. The summed E-state index contributed by atoms with van der Waals surface area (Å²) in [7, 11) is 0. The molecular weight excluding hydrogens is 334 g/mol. The van der Waals surface area contributed by atoms with E-state index < -0.39 is 0 Å². The van der Waals surface area contributed by atoms with Gasteiger partial charge in [-0.2, -0.15) is 0 Å². The maximum absolute atomic E-state index is 12.5. The quantitative estimate of drug-likeness (QED) is 0.847. The number of amides is 1. The van der Waals surface area contributed by atoms with Crippen molar-refractivity contribution in [1.29, 1.82) is 0 Å². The van der Waals surface area contributed by atoms with Gasteiger partial charge in [-0.05, 0) is 31.2 Å². The fraction of sp³-hybridized carbons (Fsp3) is 0.500. The molecule has 0 N–H and O–H groups in total. The van der Waals surface area contributed by atoms with Crippen molar-refractivity contribution in [3.63, 3.8) is 0 Å². The molecule has 124 valence electrons. The standard InChI is InChI=1S/C16H20ClN3O2S/c1-2-5-18-6-8-19(9-7-18)15(21)11-20-13-10-12(17)3-4-14(13)23-16(20)22/h3-4,10H,2,5-9,11H2,1H3. The van der Waals surface area contributed by atoms with Gasteiger partial charge in [-0.1, -0.05) is 29.9 Å². The van der Waals surface area contributed by atoms with E-state index in [2.05, 4.69) is 11.8 Å². The first-order valence-electron chi connectivity index (χ1n) is 7.87. The molecule has 1 amide bonds. The SMILES string of the molecule is CCCN1CCN(C(=O)Cn2c(=O)sc3ccc(Cl)cc32)CC1. The number of carbonyl (C=O) groups excluding carboxylic acids is 1. The van der Waals surface area contributed by atoms with E-state index in [0.717, 1.165) is 60.7 Å². The molecule has 0 bridgehead atoms. The lowest BCUT2D eigenvalue weighted by Gasteiger charge is -2.34. The van der Waals surface area contributed by atoms with E-state index in [9.17, 15) is 9.59 Å². The molecule has 0 atom stereocenters. The topological polar surface area (TPSA) is 45.5 Å². The van der Waals surface area contributed by atoms with Gasteiger partial charge in [0, 0.05) is 31.2 Å². The van der Waals surface area contributed by atoms with Gasteiger partial charge in [-0.15, -0.1) is 0 Å². The largest absolute Gasteiger partial charge is 0.339 e. The molecule has 2 heterocycles. The van der Waals surface area contributed by atoms with Crippen LogP contribution in [0.1, 0.15) is 13.3 Å². The predicted octanol–water partition coefficient (Wildman–Crippen LogP) is 2.27. The molecule has 1 aliphatic rings. The number of aromatic nitrogens is 1. The maximum Gasteiger partial charge on any atom is 0.308 e. The summed E-state index contributed by atoms with van der Waals surface area (Å²) in [5.41, 5.74) is 0.741. The number of halogens is 1. The van der Waals surface area contributed by atoms with Crippen molar-refractivity contribution in [3.05, 3.63) is 32.9 Å². The van der Waals surface area contributed by atoms with E-state index in [1.807, 2.05) is 11.0 Å². The summed E-state index contributed by atoms with van der Waals surface area (Å²) in [6.07, 6.45) is 1.13. The van der Waals surface area contributed by atoms with Crippen LogP contribution in [0.3, 0.4) is 0 Å². The molecule has 1 aliphatic heterocycles. The van der Waals surface area contributed by atoms with Gasteiger partial charge in [0.2, 0.25) is 5.91 Å². The molecule has 1 fully saturated rings. The van der Waals surface area contributed by atoms with Gasteiger partial charge in [0.05, 0.1) is 10.2 Å². The van der Waals surface area contributed by atoms with Crippen molar-refractivity contribution in [3.8, 4) is 0 Å².